The topological polar surface area (TPSA) is 122 Å². The van der Waals surface area contributed by atoms with Crippen LogP contribution in [-0.4, -0.2) is 63.5 Å². The molecular formula is C43H52N4O5. The van der Waals surface area contributed by atoms with Crippen LogP contribution in [0.15, 0.2) is 85.2 Å². The smallest absolute Gasteiger partial charge is 0.306 e. The van der Waals surface area contributed by atoms with Crippen molar-refractivity contribution >= 4 is 17.8 Å². The van der Waals surface area contributed by atoms with Gasteiger partial charge in [0.05, 0.1) is 12.5 Å². The van der Waals surface area contributed by atoms with Crippen LogP contribution in [0.2, 0.25) is 0 Å². The van der Waals surface area contributed by atoms with E-state index in [9.17, 15) is 19.5 Å². The summed E-state index contributed by atoms with van der Waals surface area (Å²) < 4.78 is 5.90. The Balaban J connectivity index is 1.23. The molecule has 2 N–H and O–H groups in total. The number of benzene rings is 3. The Morgan fingerprint density at radius 3 is 2.04 bits per heavy atom. The molecule has 2 heterocycles. The molecule has 0 aliphatic carbocycles. The molecule has 5 rings (SSSR count). The largest absolute Gasteiger partial charge is 0.494 e. The highest BCUT2D eigenvalue weighted by Gasteiger charge is 2.32. The third-order valence-electron chi connectivity index (χ3n) is 9.78. The third-order valence-corrected chi connectivity index (χ3v) is 9.78. The average Bonchev–Trinajstić information content (AvgIpc) is 3.16. The molecule has 1 aliphatic rings. The fourth-order valence-electron chi connectivity index (χ4n) is 6.42. The fourth-order valence-corrected chi connectivity index (χ4v) is 6.42. The Morgan fingerprint density at radius 2 is 1.44 bits per heavy atom. The molecule has 1 unspecified atom stereocenters. The van der Waals surface area contributed by atoms with Crippen molar-refractivity contribution in [1.82, 2.24) is 20.2 Å². The van der Waals surface area contributed by atoms with Gasteiger partial charge in [-0.05, 0) is 65.6 Å². The summed E-state index contributed by atoms with van der Waals surface area (Å²) in [6, 6.07) is 22.3. The van der Waals surface area contributed by atoms with Crippen molar-refractivity contribution < 1.29 is 24.2 Å². The summed E-state index contributed by atoms with van der Waals surface area (Å²) in [6.45, 7) is 9.97. The maximum Gasteiger partial charge on any atom is 0.306 e. The molecule has 0 saturated carbocycles. The van der Waals surface area contributed by atoms with E-state index in [1.54, 1.807) is 17.0 Å². The second-order valence-corrected chi connectivity index (χ2v) is 14.8. The highest BCUT2D eigenvalue weighted by atomic mass is 16.5. The molecule has 9 nitrogen and oxygen atoms in total. The maximum atomic E-state index is 13.8. The second kappa shape index (κ2) is 17.9. The molecule has 4 aromatic rings. The van der Waals surface area contributed by atoms with E-state index in [0.717, 1.165) is 46.6 Å². The standard InChI is InChI=1S/C43H52N4O5/c1-5-6-7-8-9-26-52-37-20-16-31(17-21-37)35-28-44-39(45-29-35)32-12-10-30(11-13-32)27-38(41(49)47-24-22-34(23-25-47)42(50)51)46-40(48)33-14-18-36(19-15-33)43(2,3)4/h10-21,28-29,34,38H,5-9,22-27H2,1-4H3,(H,46,48)(H,50,51). The Morgan fingerprint density at radius 1 is 0.827 bits per heavy atom. The van der Waals surface area contributed by atoms with Crippen molar-refractivity contribution in [2.45, 2.75) is 90.5 Å². The van der Waals surface area contributed by atoms with Crippen molar-refractivity contribution in [3.63, 3.8) is 0 Å². The van der Waals surface area contributed by atoms with Crippen molar-refractivity contribution in [2.24, 2.45) is 5.92 Å². The summed E-state index contributed by atoms with van der Waals surface area (Å²) in [5, 5.41) is 12.4. The molecule has 0 radical (unpaired) electrons. The van der Waals surface area contributed by atoms with E-state index >= 15 is 0 Å². The van der Waals surface area contributed by atoms with E-state index in [4.69, 9.17) is 4.74 Å². The number of unbranched alkanes of at least 4 members (excludes halogenated alkanes) is 4. The predicted molar refractivity (Wildman–Crippen MR) is 204 cm³/mol. The molecule has 1 fully saturated rings. The number of carbonyl (C=O) groups is 3. The minimum Gasteiger partial charge on any atom is -0.494 e. The number of carboxylic acid groups (broad SMARTS) is 1. The van der Waals surface area contributed by atoms with E-state index in [1.807, 2.05) is 73.1 Å². The van der Waals surface area contributed by atoms with Gasteiger partial charge in [-0.25, -0.2) is 9.97 Å². The monoisotopic (exact) mass is 704 g/mol. The van der Waals surface area contributed by atoms with Gasteiger partial charge in [-0.2, -0.15) is 0 Å². The molecule has 3 aromatic carbocycles. The SMILES string of the molecule is CCCCCCCOc1ccc(-c2cnc(-c3ccc(CC(NC(=O)c4ccc(C(C)(C)C)cc4)C(=O)N4CCC(C(=O)O)CC4)cc3)nc2)cc1. The van der Waals surface area contributed by atoms with E-state index < -0.39 is 17.9 Å². The number of hydrogen-bond acceptors (Lipinski definition) is 6. The van der Waals surface area contributed by atoms with Crippen LogP contribution >= 0.6 is 0 Å². The van der Waals surface area contributed by atoms with Gasteiger partial charge in [0.1, 0.15) is 11.8 Å². The van der Waals surface area contributed by atoms with Gasteiger partial charge in [-0.15, -0.1) is 0 Å². The average molecular weight is 705 g/mol. The quantitative estimate of drug-likeness (QED) is 0.120. The first-order chi connectivity index (χ1) is 25.0. The van der Waals surface area contributed by atoms with Crippen LogP contribution in [0.5, 0.6) is 5.75 Å². The number of amides is 2. The molecule has 274 valence electrons. The Kier molecular flexibility index (Phi) is 13.2. The van der Waals surface area contributed by atoms with Crippen molar-refractivity contribution in [3.05, 3.63) is 102 Å². The van der Waals surface area contributed by atoms with Crippen LogP contribution in [0.3, 0.4) is 0 Å². The van der Waals surface area contributed by atoms with Crippen LogP contribution in [0.4, 0.5) is 0 Å². The zero-order valence-corrected chi connectivity index (χ0v) is 30.9. The number of carboxylic acids is 1. The van der Waals surface area contributed by atoms with Crippen LogP contribution in [0, 0.1) is 5.92 Å². The van der Waals surface area contributed by atoms with Crippen LogP contribution < -0.4 is 10.1 Å². The number of aliphatic carboxylic acids is 1. The summed E-state index contributed by atoms with van der Waals surface area (Å²) in [6.07, 6.45) is 10.7. The molecule has 0 spiro atoms. The van der Waals surface area contributed by atoms with Gasteiger partial charge in [0.2, 0.25) is 5.91 Å². The molecule has 0 bridgehead atoms. The van der Waals surface area contributed by atoms with Gasteiger partial charge in [-0.1, -0.05) is 102 Å². The summed E-state index contributed by atoms with van der Waals surface area (Å²) >= 11 is 0. The zero-order chi connectivity index (χ0) is 37.1. The number of carbonyl (C=O) groups excluding carboxylic acids is 2. The fraction of sp³-hybridized carbons (Fsp3) is 0.419. The van der Waals surface area contributed by atoms with Crippen molar-refractivity contribution in [2.75, 3.05) is 19.7 Å². The molecule has 52 heavy (non-hydrogen) atoms. The Hall–Kier alpha value is -5.05. The molecule has 9 heteroatoms. The maximum absolute atomic E-state index is 13.8. The number of hydrogen-bond donors (Lipinski definition) is 2. The zero-order valence-electron chi connectivity index (χ0n) is 30.9. The number of piperidine rings is 1. The minimum atomic E-state index is -0.836. The molecule has 1 aromatic heterocycles. The van der Waals surface area contributed by atoms with Gasteiger partial charge in [0, 0.05) is 48.6 Å². The van der Waals surface area contributed by atoms with Crippen molar-refractivity contribution in [1.29, 1.82) is 0 Å². The van der Waals surface area contributed by atoms with Gasteiger partial charge in [-0.3, -0.25) is 14.4 Å². The number of nitrogens with zero attached hydrogens (tertiary/aromatic N) is 3. The first-order valence-electron chi connectivity index (χ1n) is 18.6. The third kappa shape index (κ3) is 10.5. The number of nitrogens with one attached hydrogen (secondary N) is 1. The van der Waals surface area contributed by atoms with Gasteiger partial charge in [0.15, 0.2) is 5.82 Å². The summed E-state index contributed by atoms with van der Waals surface area (Å²) in [7, 11) is 0. The highest BCUT2D eigenvalue weighted by Crippen LogP contribution is 2.25. The number of likely N-dealkylation sites (tertiary alicyclic amines) is 1. The molecule has 1 aliphatic heterocycles. The van der Waals surface area contributed by atoms with E-state index in [0.29, 0.717) is 37.3 Å². The normalized spacial score (nSPS) is 14.1. The lowest BCUT2D eigenvalue weighted by Crippen LogP contribution is -2.52. The van der Waals surface area contributed by atoms with E-state index in [2.05, 4.69) is 43.0 Å². The van der Waals surface area contributed by atoms with E-state index in [-0.39, 0.29) is 23.7 Å². The first kappa shape index (κ1) is 38.2. The Bertz CT molecular complexity index is 1760. The number of rotatable bonds is 15. The molecular weight excluding hydrogens is 652 g/mol. The van der Waals surface area contributed by atoms with Gasteiger partial charge >= 0.3 is 5.97 Å². The predicted octanol–water partition coefficient (Wildman–Crippen LogP) is 8.12. The van der Waals surface area contributed by atoms with Crippen LogP contribution in [-0.2, 0) is 21.4 Å². The summed E-state index contributed by atoms with van der Waals surface area (Å²) in [5.41, 5.74) is 5.15. The first-order valence-corrected chi connectivity index (χ1v) is 18.6. The molecule has 1 saturated heterocycles. The minimum absolute atomic E-state index is 0.0520. The highest BCUT2D eigenvalue weighted by molar-refractivity contribution is 5.97. The Labute approximate surface area is 307 Å². The van der Waals surface area contributed by atoms with Crippen molar-refractivity contribution in [3.8, 4) is 28.3 Å². The second-order valence-electron chi connectivity index (χ2n) is 14.8. The van der Waals surface area contributed by atoms with Crippen LogP contribution in [0.1, 0.15) is 94.1 Å². The lowest BCUT2D eigenvalue weighted by Gasteiger charge is -2.33. The molecule has 1 atom stereocenters. The van der Waals surface area contributed by atoms with Crippen LogP contribution in [0.25, 0.3) is 22.5 Å². The summed E-state index contributed by atoms with van der Waals surface area (Å²) in [4.78, 5) is 49.7. The van der Waals surface area contributed by atoms with Gasteiger partial charge < -0.3 is 20.1 Å². The number of aromatic nitrogens is 2. The van der Waals surface area contributed by atoms with Gasteiger partial charge in [0.25, 0.3) is 5.91 Å². The number of ether oxygens (including phenoxy) is 1. The summed E-state index contributed by atoms with van der Waals surface area (Å²) in [5.74, 6) is -0.399. The van der Waals surface area contributed by atoms with E-state index in [1.165, 1.54) is 25.7 Å². The lowest BCUT2D eigenvalue weighted by molar-refractivity contribution is -0.146. The molecule has 2 amide bonds. The lowest BCUT2D eigenvalue weighted by atomic mass is 9.86.